The van der Waals surface area contributed by atoms with Crippen molar-refractivity contribution in [3.05, 3.63) is 59.9 Å². The molecule has 1 N–H and O–H groups in total. The van der Waals surface area contributed by atoms with Gasteiger partial charge in [-0.1, -0.05) is 19.1 Å². The molecule has 1 atom stereocenters. The molecule has 2 rings (SSSR count). The van der Waals surface area contributed by atoms with Gasteiger partial charge >= 0.3 is 5.97 Å². The lowest BCUT2D eigenvalue weighted by Gasteiger charge is -2.25. The van der Waals surface area contributed by atoms with Gasteiger partial charge in [0.15, 0.2) is 0 Å². The summed E-state index contributed by atoms with van der Waals surface area (Å²) in [6.45, 7) is 3.55. The van der Waals surface area contributed by atoms with E-state index in [1.807, 2.05) is 12.1 Å². The van der Waals surface area contributed by atoms with E-state index in [-0.39, 0.29) is 30.9 Å². The maximum absolute atomic E-state index is 13.1. The molecule has 1 unspecified atom stereocenters. The summed E-state index contributed by atoms with van der Waals surface area (Å²) in [5.74, 6) is -1.35. The van der Waals surface area contributed by atoms with E-state index in [2.05, 4.69) is 10.3 Å². The number of esters is 1. The number of methoxy groups -OCH3 is 1. The fourth-order valence-electron chi connectivity index (χ4n) is 2.63. The lowest BCUT2D eigenvalue weighted by molar-refractivity contribution is -0.145. The number of hydrogen-bond donors (Lipinski definition) is 1. The average molecular weight is 369 g/mol. The number of rotatable bonds is 7. The fourth-order valence-corrected chi connectivity index (χ4v) is 2.63. The van der Waals surface area contributed by atoms with Crippen LogP contribution in [0, 0.1) is 5.92 Å². The first-order chi connectivity index (χ1) is 12.9. The molecular formula is C20H23N3O4. The summed E-state index contributed by atoms with van der Waals surface area (Å²) in [5.41, 5.74) is 1.65. The Kier molecular flexibility index (Phi) is 7.05. The maximum atomic E-state index is 13.1. The minimum absolute atomic E-state index is 0.187. The number of benzene rings is 1. The molecule has 0 spiro atoms. The normalized spacial score (nSPS) is 11.4. The SMILES string of the molecule is COC(=O)C(C)CN(Cc1ccccn1)C(=O)c1cccc(NC(C)=O)c1. The van der Waals surface area contributed by atoms with Crippen LogP contribution in [-0.2, 0) is 20.9 Å². The molecule has 0 aliphatic heterocycles. The van der Waals surface area contributed by atoms with Crippen LogP contribution in [0.4, 0.5) is 5.69 Å². The Morgan fingerprint density at radius 3 is 2.59 bits per heavy atom. The van der Waals surface area contributed by atoms with Crippen molar-refractivity contribution in [3.63, 3.8) is 0 Å². The van der Waals surface area contributed by atoms with Gasteiger partial charge in [0.2, 0.25) is 5.91 Å². The van der Waals surface area contributed by atoms with E-state index in [9.17, 15) is 14.4 Å². The number of hydrogen-bond acceptors (Lipinski definition) is 5. The zero-order valence-electron chi connectivity index (χ0n) is 15.6. The Morgan fingerprint density at radius 1 is 1.19 bits per heavy atom. The van der Waals surface area contributed by atoms with Gasteiger partial charge in [0, 0.05) is 30.9 Å². The van der Waals surface area contributed by atoms with Crippen molar-refractivity contribution in [3.8, 4) is 0 Å². The van der Waals surface area contributed by atoms with E-state index in [4.69, 9.17) is 4.74 Å². The van der Waals surface area contributed by atoms with E-state index < -0.39 is 5.92 Å². The Morgan fingerprint density at radius 2 is 1.96 bits per heavy atom. The van der Waals surface area contributed by atoms with Crippen LogP contribution in [0.25, 0.3) is 0 Å². The van der Waals surface area contributed by atoms with E-state index in [0.717, 1.165) is 0 Å². The smallest absolute Gasteiger partial charge is 0.310 e. The van der Waals surface area contributed by atoms with E-state index in [0.29, 0.717) is 16.9 Å². The monoisotopic (exact) mass is 369 g/mol. The first kappa shape index (κ1) is 20.1. The molecule has 0 saturated carbocycles. The number of anilines is 1. The second-order valence-corrected chi connectivity index (χ2v) is 6.19. The standard InChI is InChI=1S/C20H23N3O4/c1-14(20(26)27-3)12-23(13-18-8-4-5-10-21-18)19(25)16-7-6-9-17(11-16)22-15(2)24/h4-11,14H,12-13H2,1-3H3,(H,22,24). The van der Waals surface area contributed by atoms with Gasteiger partial charge in [-0.3, -0.25) is 19.4 Å². The van der Waals surface area contributed by atoms with E-state index >= 15 is 0 Å². The van der Waals surface area contributed by atoms with Gasteiger partial charge in [0.05, 0.1) is 25.3 Å². The maximum Gasteiger partial charge on any atom is 0.310 e. The average Bonchev–Trinajstić information content (AvgIpc) is 2.66. The van der Waals surface area contributed by atoms with Crippen molar-refractivity contribution in [2.24, 2.45) is 5.92 Å². The number of aromatic nitrogens is 1. The highest BCUT2D eigenvalue weighted by Crippen LogP contribution is 2.16. The first-order valence-corrected chi connectivity index (χ1v) is 8.55. The summed E-state index contributed by atoms with van der Waals surface area (Å²) in [6.07, 6.45) is 1.65. The summed E-state index contributed by atoms with van der Waals surface area (Å²) >= 11 is 0. The molecule has 1 aromatic heterocycles. The summed E-state index contributed by atoms with van der Waals surface area (Å²) in [4.78, 5) is 41.9. The zero-order chi connectivity index (χ0) is 19.8. The molecule has 0 fully saturated rings. The van der Waals surface area contributed by atoms with E-state index in [1.165, 1.54) is 14.0 Å². The first-order valence-electron chi connectivity index (χ1n) is 8.55. The van der Waals surface area contributed by atoms with Gasteiger partial charge in [-0.2, -0.15) is 0 Å². The number of ether oxygens (including phenoxy) is 1. The van der Waals surface area contributed by atoms with Gasteiger partial charge in [-0.25, -0.2) is 0 Å². The van der Waals surface area contributed by atoms with Gasteiger partial charge in [-0.15, -0.1) is 0 Å². The number of carbonyl (C=O) groups is 3. The highest BCUT2D eigenvalue weighted by Gasteiger charge is 2.23. The van der Waals surface area contributed by atoms with Crippen LogP contribution in [0.3, 0.4) is 0 Å². The number of carbonyl (C=O) groups excluding carboxylic acids is 3. The molecule has 2 amide bonds. The predicted molar refractivity (Wildman–Crippen MR) is 101 cm³/mol. The van der Waals surface area contributed by atoms with Crippen molar-refractivity contribution in [2.45, 2.75) is 20.4 Å². The fraction of sp³-hybridized carbons (Fsp3) is 0.300. The molecule has 0 saturated heterocycles. The van der Waals surface area contributed by atoms with Crippen LogP contribution >= 0.6 is 0 Å². The lowest BCUT2D eigenvalue weighted by atomic mass is 10.1. The predicted octanol–water partition coefficient (Wildman–Crippen LogP) is 2.49. The second-order valence-electron chi connectivity index (χ2n) is 6.19. The lowest BCUT2D eigenvalue weighted by Crippen LogP contribution is -2.37. The molecule has 0 radical (unpaired) electrons. The van der Waals surface area contributed by atoms with Gasteiger partial charge in [0.25, 0.3) is 5.91 Å². The zero-order valence-corrected chi connectivity index (χ0v) is 15.6. The largest absolute Gasteiger partial charge is 0.469 e. The number of pyridine rings is 1. The van der Waals surface area contributed by atoms with Crippen LogP contribution in [0.5, 0.6) is 0 Å². The van der Waals surface area contributed by atoms with Crippen molar-refractivity contribution in [1.29, 1.82) is 0 Å². The van der Waals surface area contributed by atoms with Crippen LogP contribution in [0.2, 0.25) is 0 Å². The Balaban J connectivity index is 2.26. The van der Waals surface area contributed by atoms with Crippen LogP contribution in [0.15, 0.2) is 48.7 Å². The van der Waals surface area contributed by atoms with Gasteiger partial charge < -0.3 is 15.0 Å². The van der Waals surface area contributed by atoms with E-state index in [1.54, 1.807) is 48.4 Å². The topological polar surface area (TPSA) is 88.6 Å². The Labute approximate surface area is 158 Å². The molecule has 1 heterocycles. The molecule has 27 heavy (non-hydrogen) atoms. The van der Waals surface area contributed by atoms with Crippen molar-refractivity contribution in [2.75, 3.05) is 19.0 Å². The Bertz CT molecular complexity index is 808. The molecule has 142 valence electrons. The molecule has 0 aliphatic rings. The molecule has 0 aliphatic carbocycles. The molecule has 1 aromatic carbocycles. The van der Waals surface area contributed by atoms with Crippen LogP contribution < -0.4 is 5.32 Å². The number of amides is 2. The minimum Gasteiger partial charge on any atom is -0.469 e. The van der Waals surface area contributed by atoms with Crippen molar-refractivity contribution in [1.82, 2.24) is 9.88 Å². The third-order valence-corrected chi connectivity index (χ3v) is 3.89. The minimum atomic E-state index is -0.485. The number of nitrogens with zero attached hydrogens (tertiary/aromatic N) is 2. The highest BCUT2D eigenvalue weighted by atomic mass is 16.5. The summed E-state index contributed by atoms with van der Waals surface area (Å²) in [7, 11) is 1.32. The molecule has 2 aromatic rings. The molecule has 0 bridgehead atoms. The van der Waals surface area contributed by atoms with Crippen molar-refractivity contribution < 1.29 is 19.1 Å². The van der Waals surface area contributed by atoms with Crippen LogP contribution in [-0.4, -0.2) is 41.3 Å². The third-order valence-electron chi connectivity index (χ3n) is 3.89. The Hall–Kier alpha value is -3.22. The van der Waals surface area contributed by atoms with Gasteiger partial charge in [-0.05, 0) is 30.3 Å². The van der Waals surface area contributed by atoms with Crippen LogP contribution in [0.1, 0.15) is 29.9 Å². The molecule has 7 nitrogen and oxygen atoms in total. The summed E-state index contributed by atoms with van der Waals surface area (Å²) in [5, 5.41) is 2.66. The molecule has 7 heteroatoms. The third kappa shape index (κ3) is 5.91. The number of nitrogens with one attached hydrogen (secondary N) is 1. The summed E-state index contributed by atoms with van der Waals surface area (Å²) in [6, 6.07) is 12.1. The van der Waals surface area contributed by atoms with Crippen molar-refractivity contribution >= 4 is 23.5 Å². The quantitative estimate of drug-likeness (QED) is 0.758. The highest BCUT2D eigenvalue weighted by molar-refractivity contribution is 5.97. The summed E-state index contributed by atoms with van der Waals surface area (Å²) < 4.78 is 4.77. The second kappa shape index (κ2) is 9.47. The van der Waals surface area contributed by atoms with Gasteiger partial charge in [0.1, 0.15) is 0 Å². The molecular weight excluding hydrogens is 346 g/mol.